The Morgan fingerprint density at radius 2 is 2.00 bits per heavy atom. The standard InChI is InChI=1S/C34H32ClFN6O2S/c1-21(36)34(43)42-15-14-41(19-22(42)8-11-37)32-26(9-12-38)33(44-20-23-5-4-13-40(23)2)39-30-18-27(29(35)17-28(30)32)24-6-3-7-31-25(24)10-16-45-31/h3,6-7,10,16-18,22-23H,1,4-5,8-9,13-15,19-20H2,2H3. The SMILES string of the molecule is C=C(F)C(=O)N1CCN(c2c(CC#N)c(OCC3CCCN3C)nc3cc(-c4cccc5sccc45)c(Cl)cc23)CC1CC#N. The number of piperazine rings is 1. The van der Waals surface area contributed by atoms with Crippen molar-refractivity contribution in [3.05, 3.63) is 64.8 Å². The van der Waals surface area contributed by atoms with Crippen LogP contribution in [0.3, 0.4) is 0 Å². The number of rotatable bonds is 8. The fraction of sp³-hybridized carbons (Fsp3) is 0.353. The second kappa shape index (κ2) is 13.0. The Hall–Kier alpha value is -4.22. The number of hydrogen-bond acceptors (Lipinski definition) is 8. The van der Waals surface area contributed by atoms with E-state index in [1.807, 2.05) is 29.2 Å². The molecule has 0 N–H and O–H groups in total. The van der Waals surface area contributed by atoms with Gasteiger partial charge >= 0.3 is 0 Å². The van der Waals surface area contributed by atoms with Gasteiger partial charge in [-0.3, -0.25) is 4.79 Å². The topological polar surface area (TPSA) is 96.5 Å². The first-order chi connectivity index (χ1) is 21.8. The first-order valence-electron chi connectivity index (χ1n) is 14.9. The highest BCUT2D eigenvalue weighted by Crippen LogP contribution is 2.43. The largest absolute Gasteiger partial charge is 0.476 e. The number of halogens is 2. The van der Waals surface area contributed by atoms with Crippen LogP contribution in [0, 0.1) is 22.7 Å². The molecule has 2 aromatic heterocycles. The molecule has 1 amide bonds. The predicted molar refractivity (Wildman–Crippen MR) is 176 cm³/mol. The smallest absolute Gasteiger partial charge is 0.282 e. The molecule has 4 heterocycles. The van der Waals surface area contributed by atoms with Crippen LogP contribution in [0.25, 0.3) is 32.1 Å². The Balaban J connectivity index is 1.51. The summed E-state index contributed by atoms with van der Waals surface area (Å²) in [4.78, 5) is 23.3. The van der Waals surface area contributed by atoms with Gasteiger partial charge in [-0.25, -0.2) is 9.37 Å². The predicted octanol–water partition coefficient (Wildman–Crippen LogP) is 6.72. The average Bonchev–Trinajstić information content (AvgIpc) is 3.68. The van der Waals surface area contributed by atoms with E-state index in [2.05, 4.69) is 48.2 Å². The van der Waals surface area contributed by atoms with E-state index in [0.29, 0.717) is 35.1 Å². The first-order valence-corrected chi connectivity index (χ1v) is 16.2. The summed E-state index contributed by atoms with van der Waals surface area (Å²) in [7, 11) is 2.08. The zero-order valence-electron chi connectivity index (χ0n) is 24.9. The van der Waals surface area contributed by atoms with Crippen molar-refractivity contribution in [1.29, 1.82) is 10.5 Å². The van der Waals surface area contributed by atoms with Crippen LogP contribution in [0.5, 0.6) is 5.88 Å². The Bertz CT molecular complexity index is 1880. The molecule has 2 aromatic carbocycles. The maximum atomic E-state index is 13.9. The lowest BCUT2D eigenvalue weighted by Gasteiger charge is -2.42. The summed E-state index contributed by atoms with van der Waals surface area (Å²) >= 11 is 8.70. The number of likely N-dealkylation sites (N-methyl/N-ethyl adjacent to an activating group) is 1. The third-order valence-electron chi connectivity index (χ3n) is 8.85. The summed E-state index contributed by atoms with van der Waals surface area (Å²) in [6.07, 6.45) is 2.15. The number of hydrogen-bond donors (Lipinski definition) is 0. The maximum absolute atomic E-state index is 13.9. The van der Waals surface area contributed by atoms with Crippen molar-refractivity contribution in [2.24, 2.45) is 0 Å². The van der Waals surface area contributed by atoms with Crippen molar-refractivity contribution >= 4 is 55.5 Å². The third-order valence-corrected chi connectivity index (χ3v) is 10.0. The quantitative estimate of drug-likeness (QED) is 0.197. The van der Waals surface area contributed by atoms with Gasteiger partial charge in [-0.05, 0) is 61.6 Å². The normalized spacial score (nSPS) is 18.7. The van der Waals surface area contributed by atoms with Crippen molar-refractivity contribution in [2.45, 2.75) is 37.8 Å². The monoisotopic (exact) mass is 642 g/mol. The molecule has 8 nitrogen and oxygen atoms in total. The number of pyridine rings is 1. The number of amides is 1. The highest BCUT2D eigenvalue weighted by molar-refractivity contribution is 7.17. The molecular formula is C34H32ClFN6O2S. The number of anilines is 1. The molecule has 2 unspecified atom stereocenters. The number of nitrogens with zero attached hydrogens (tertiary/aromatic N) is 6. The van der Waals surface area contributed by atoms with Crippen LogP contribution >= 0.6 is 22.9 Å². The second-order valence-electron chi connectivity index (χ2n) is 11.5. The highest BCUT2D eigenvalue weighted by Gasteiger charge is 2.34. The lowest BCUT2D eigenvalue weighted by molar-refractivity contribution is -0.131. The number of ether oxygens (including phenoxy) is 1. The zero-order chi connectivity index (χ0) is 31.7. The van der Waals surface area contributed by atoms with Crippen LogP contribution in [-0.4, -0.2) is 72.6 Å². The van der Waals surface area contributed by atoms with E-state index in [1.165, 1.54) is 4.90 Å². The number of likely N-dealkylation sites (tertiary alicyclic amines) is 1. The molecule has 2 atom stereocenters. The zero-order valence-corrected chi connectivity index (χ0v) is 26.5. The van der Waals surface area contributed by atoms with Crippen molar-refractivity contribution in [3.8, 4) is 29.1 Å². The van der Waals surface area contributed by atoms with Crippen LogP contribution in [0.2, 0.25) is 5.02 Å². The number of fused-ring (bicyclic) bond motifs is 2. The van der Waals surface area contributed by atoms with Crippen molar-refractivity contribution in [1.82, 2.24) is 14.8 Å². The summed E-state index contributed by atoms with van der Waals surface area (Å²) in [5.41, 5.74) is 3.83. The second-order valence-corrected chi connectivity index (χ2v) is 12.9. The van der Waals surface area contributed by atoms with Crippen molar-refractivity contribution in [3.63, 3.8) is 0 Å². The van der Waals surface area contributed by atoms with Gasteiger partial charge < -0.3 is 19.4 Å². The Kier molecular flexibility index (Phi) is 8.91. The number of thiophene rings is 1. The molecule has 2 aliphatic rings. The van der Waals surface area contributed by atoms with E-state index in [-0.39, 0.29) is 32.0 Å². The molecule has 2 aliphatic heterocycles. The van der Waals surface area contributed by atoms with Crippen LogP contribution < -0.4 is 9.64 Å². The van der Waals surface area contributed by atoms with Gasteiger partial charge in [0.1, 0.15) is 6.61 Å². The Labute approximate surface area is 270 Å². The summed E-state index contributed by atoms with van der Waals surface area (Å²) in [5.74, 6) is -1.49. The average molecular weight is 643 g/mol. The molecule has 45 heavy (non-hydrogen) atoms. The number of carbonyl (C=O) groups is 1. The molecule has 0 radical (unpaired) electrons. The van der Waals surface area contributed by atoms with E-state index < -0.39 is 17.8 Å². The molecule has 6 rings (SSSR count). The fourth-order valence-corrected chi connectivity index (χ4v) is 7.64. The van der Waals surface area contributed by atoms with Gasteiger partial charge in [-0.1, -0.05) is 30.3 Å². The van der Waals surface area contributed by atoms with E-state index in [9.17, 15) is 19.7 Å². The van der Waals surface area contributed by atoms with Crippen LogP contribution in [0.15, 0.2) is 54.2 Å². The lowest BCUT2D eigenvalue weighted by Crippen LogP contribution is -2.55. The number of benzene rings is 2. The van der Waals surface area contributed by atoms with Crippen LogP contribution in [0.1, 0.15) is 24.8 Å². The Morgan fingerprint density at radius 1 is 1.16 bits per heavy atom. The first kappa shape index (κ1) is 30.8. The fourth-order valence-electron chi connectivity index (χ4n) is 6.57. The third kappa shape index (κ3) is 5.94. The van der Waals surface area contributed by atoms with E-state index >= 15 is 0 Å². The van der Waals surface area contributed by atoms with Gasteiger partial charge in [0, 0.05) is 51.7 Å². The molecule has 0 spiro atoms. The molecule has 0 bridgehead atoms. The van der Waals surface area contributed by atoms with Gasteiger partial charge in [-0.15, -0.1) is 11.3 Å². The van der Waals surface area contributed by atoms with E-state index in [0.717, 1.165) is 51.7 Å². The summed E-state index contributed by atoms with van der Waals surface area (Å²) in [6.45, 7) is 5.38. The molecule has 11 heteroatoms. The van der Waals surface area contributed by atoms with E-state index in [1.54, 1.807) is 11.3 Å². The highest BCUT2D eigenvalue weighted by atomic mass is 35.5. The molecule has 230 valence electrons. The molecule has 2 saturated heterocycles. The van der Waals surface area contributed by atoms with Crippen molar-refractivity contribution in [2.75, 3.05) is 44.7 Å². The molecule has 4 aromatic rings. The number of aromatic nitrogens is 1. The molecular weight excluding hydrogens is 611 g/mol. The number of carbonyl (C=O) groups excluding carboxylic acids is 1. The summed E-state index contributed by atoms with van der Waals surface area (Å²) < 4.78 is 21.5. The Morgan fingerprint density at radius 3 is 2.73 bits per heavy atom. The minimum atomic E-state index is -1.06. The summed E-state index contributed by atoms with van der Waals surface area (Å²) in [5, 5.41) is 24.0. The number of nitriles is 2. The van der Waals surface area contributed by atoms with Gasteiger partial charge in [0.05, 0.1) is 47.8 Å². The van der Waals surface area contributed by atoms with E-state index in [4.69, 9.17) is 21.3 Å². The minimum absolute atomic E-state index is 0.0129. The molecule has 0 saturated carbocycles. The van der Waals surface area contributed by atoms with Gasteiger partial charge in [0.25, 0.3) is 5.91 Å². The van der Waals surface area contributed by atoms with Gasteiger partial charge in [0.2, 0.25) is 5.88 Å². The molecule has 0 aliphatic carbocycles. The lowest BCUT2D eigenvalue weighted by atomic mass is 9.97. The van der Waals surface area contributed by atoms with Crippen LogP contribution in [0.4, 0.5) is 10.1 Å². The maximum Gasteiger partial charge on any atom is 0.282 e. The van der Waals surface area contributed by atoms with Gasteiger partial charge in [-0.2, -0.15) is 10.5 Å². The van der Waals surface area contributed by atoms with Crippen LogP contribution in [-0.2, 0) is 11.2 Å². The van der Waals surface area contributed by atoms with Gasteiger partial charge in [0.15, 0.2) is 5.83 Å². The minimum Gasteiger partial charge on any atom is -0.476 e. The van der Waals surface area contributed by atoms with Crippen molar-refractivity contribution < 1.29 is 13.9 Å². The summed E-state index contributed by atoms with van der Waals surface area (Å²) in [6, 6.07) is 16.2. The molecule has 2 fully saturated rings.